The Kier molecular flexibility index (Phi) is 13.0. The van der Waals surface area contributed by atoms with Gasteiger partial charge in [0.05, 0.1) is 12.5 Å². The van der Waals surface area contributed by atoms with Crippen LogP contribution in [0.2, 0.25) is 0 Å². The van der Waals surface area contributed by atoms with Gasteiger partial charge in [-0.05, 0) is 49.4 Å². The number of aromatic hydroxyl groups is 1. The molecule has 0 radical (unpaired) electrons. The zero-order chi connectivity index (χ0) is 28.1. The number of phenols is 1. The second-order valence-corrected chi connectivity index (χ2v) is 9.05. The van der Waals surface area contributed by atoms with Gasteiger partial charge in [-0.25, -0.2) is 4.79 Å². The van der Waals surface area contributed by atoms with Gasteiger partial charge >= 0.3 is 11.9 Å². The van der Waals surface area contributed by atoms with Gasteiger partial charge < -0.3 is 42.7 Å². The molecule has 0 saturated heterocycles. The van der Waals surface area contributed by atoms with Crippen LogP contribution in [0.4, 0.5) is 0 Å². The van der Waals surface area contributed by atoms with E-state index < -0.39 is 66.2 Å². The van der Waals surface area contributed by atoms with Crippen LogP contribution < -0.4 is 27.4 Å². The van der Waals surface area contributed by atoms with Crippen molar-refractivity contribution in [2.24, 2.45) is 17.4 Å². The van der Waals surface area contributed by atoms with Gasteiger partial charge in [-0.1, -0.05) is 26.0 Å². The van der Waals surface area contributed by atoms with Crippen molar-refractivity contribution in [3.05, 3.63) is 29.8 Å². The van der Waals surface area contributed by atoms with Gasteiger partial charge in [0.15, 0.2) is 0 Å². The molecule has 37 heavy (non-hydrogen) atoms. The van der Waals surface area contributed by atoms with Crippen LogP contribution in [0, 0.1) is 5.92 Å². The number of phenolic OH excluding ortho intramolecular Hbond substituents is 1. The zero-order valence-electron chi connectivity index (χ0n) is 21.0. The molecule has 0 aliphatic rings. The highest BCUT2D eigenvalue weighted by Crippen LogP contribution is 2.13. The lowest BCUT2D eigenvalue weighted by molar-refractivity contribution is -0.143. The Morgan fingerprint density at radius 3 is 1.95 bits per heavy atom. The number of carboxylic acids is 2. The Morgan fingerprint density at radius 2 is 1.43 bits per heavy atom. The van der Waals surface area contributed by atoms with E-state index in [1.807, 2.05) is 0 Å². The van der Waals surface area contributed by atoms with Crippen molar-refractivity contribution in [1.82, 2.24) is 16.0 Å². The third-order valence-electron chi connectivity index (χ3n) is 5.55. The molecule has 206 valence electrons. The third-order valence-corrected chi connectivity index (χ3v) is 5.55. The molecule has 0 aliphatic heterocycles. The fourth-order valence-corrected chi connectivity index (χ4v) is 3.44. The highest BCUT2D eigenvalue weighted by atomic mass is 16.4. The first-order chi connectivity index (χ1) is 17.3. The van der Waals surface area contributed by atoms with Crippen molar-refractivity contribution in [3.63, 3.8) is 0 Å². The number of hydrogen-bond donors (Lipinski definition) is 8. The van der Waals surface area contributed by atoms with Crippen LogP contribution >= 0.6 is 0 Å². The molecule has 0 spiro atoms. The molecule has 10 N–H and O–H groups in total. The number of amides is 3. The summed E-state index contributed by atoms with van der Waals surface area (Å²) in [6.45, 7) is 3.59. The van der Waals surface area contributed by atoms with E-state index >= 15 is 0 Å². The second kappa shape index (κ2) is 15.4. The molecule has 1 aromatic carbocycles. The molecule has 0 bridgehead atoms. The van der Waals surface area contributed by atoms with Crippen LogP contribution in [0.3, 0.4) is 0 Å². The van der Waals surface area contributed by atoms with Gasteiger partial charge in [0.2, 0.25) is 17.7 Å². The second-order valence-electron chi connectivity index (χ2n) is 9.05. The summed E-state index contributed by atoms with van der Waals surface area (Å²) in [5.74, 6) is -5.29. The Labute approximate surface area is 215 Å². The molecule has 13 heteroatoms. The van der Waals surface area contributed by atoms with E-state index in [1.54, 1.807) is 26.0 Å². The number of unbranched alkanes of at least 4 members (excludes halogenated alkanes) is 1. The monoisotopic (exact) mass is 523 g/mol. The summed E-state index contributed by atoms with van der Waals surface area (Å²) in [7, 11) is 0. The summed E-state index contributed by atoms with van der Waals surface area (Å²) in [5.41, 5.74) is 11.7. The van der Waals surface area contributed by atoms with Crippen LogP contribution in [-0.4, -0.2) is 75.7 Å². The third kappa shape index (κ3) is 11.3. The Bertz CT molecular complexity index is 938. The average Bonchev–Trinajstić information content (AvgIpc) is 2.81. The van der Waals surface area contributed by atoms with E-state index in [0.717, 1.165) is 0 Å². The fraction of sp³-hybridized carbons (Fsp3) is 0.542. The summed E-state index contributed by atoms with van der Waals surface area (Å²) in [6, 6.07) is 0.935. The predicted octanol–water partition coefficient (Wildman–Crippen LogP) is -0.939. The first kappa shape index (κ1) is 31.3. The number of hydrogen-bond acceptors (Lipinski definition) is 8. The quantitative estimate of drug-likeness (QED) is 0.124. The molecule has 0 aliphatic carbocycles. The van der Waals surface area contributed by atoms with Gasteiger partial charge in [-0.3, -0.25) is 19.2 Å². The molecule has 1 rings (SSSR count). The van der Waals surface area contributed by atoms with Crippen LogP contribution in [0.15, 0.2) is 24.3 Å². The standard InChI is InChI=1S/C24H37N5O8/c1-13(2)20(24(36)37)29-23(35)18(11-14-6-8-15(30)9-7-14)28-22(34)17(5-3-4-10-25)27-21(33)16(26)12-19(31)32/h6-9,13,16-18,20,30H,3-5,10-12,25-26H2,1-2H3,(H,27,33)(H,28,34)(H,29,35)(H,31,32)(H,36,37). The maximum atomic E-state index is 13.2. The van der Waals surface area contributed by atoms with Crippen molar-refractivity contribution in [2.75, 3.05) is 6.54 Å². The minimum Gasteiger partial charge on any atom is -0.508 e. The normalized spacial score (nSPS) is 14.2. The van der Waals surface area contributed by atoms with Gasteiger partial charge in [0.1, 0.15) is 23.9 Å². The Balaban J connectivity index is 3.15. The molecule has 4 atom stereocenters. The number of nitrogens with two attached hydrogens (primary N) is 2. The molecular formula is C24H37N5O8. The number of rotatable bonds is 16. The van der Waals surface area contributed by atoms with Gasteiger partial charge in [-0.2, -0.15) is 0 Å². The van der Waals surface area contributed by atoms with Crippen LogP contribution in [0.5, 0.6) is 5.75 Å². The van der Waals surface area contributed by atoms with Crippen LogP contribution in [0.25, 0.3) is 0 Å². The lowest BCUT2D eigenvalue weighted by atomic mass is 10.0. The largest absolute Gasteiger partial charge is 0.508 e. The first-order valence-corrected chi connectivity index (χ1v) is 11.9. The zero-order valence-corrected chi connectivity index (χ0v) is 21.0. The highest BCUT2D eigenvalue weighted by molar-refractivity contribution is 5.94. The van der Waals surface area contributed by atoms with Crippen LogP contribution in [0.1, 0.15) is 45.1 Å². The van der Waals surface area contributed by atoms with E-state index in [9.17, 15) is 34.2 Å². The van der Waals surface area contributed by atoms with Crippen molar-refractivity contribution >= 4 is 29.7 Å². The fourth-order valence-electron chi connectivity index (χ4n) is 3.44. The maximum absolute atomic E-state index is 13.2. The molecule has 0 fully saturated rings. The van der Waals surface area contributed by atoms with E-state index in [4.69, 9.17) is 16.6 Å². The number of carbonyl (C=O) groups excluding carboxylic acids is 3. The molecule has 3 amide bonds. The number of nitrogens with one attached hydrogen (secondary N) is 3. The average molecular weight is 524 g/mol. The topological polar surface area (TPSA) is 234 Å². The van der Waals surface area contributed by atoms with Crippen LogP contribution in [-0.2, 0) is 30.4 Å². The van der Waals surface area contributed by atoms with Gasteiger partial charge in [0.25, 0.3) is 0 Å². The van der Waals surface area contributed by atoms with Crippen molar-refractivity contribution < 1.29 is 39.3 Å². The summed E-state index contributed by atoms with van der Waals surface area (Å²) < 4.78 is 0. The first-order valence-electron chi connectivity index (χ1n) is 11.9. The Hall–Kier alpha value is -3.71. The minimum atomic E-state index is -1.39. The number of carboxylic acid groups (broad SMARTS) is 2. The van der Waals surface area contributed by atoms with Crippen molar-refractivity contribution in [1.29, 1.82) is 0 Å². The summed E-state index contributed by atoms with van der Waals surface area (Å²) in [5, 5.41) is 35.3. The van der Waals surface area contributed by atoms with Gasteiger partial charge in [0, 0.05) is 6.42 Å². The minimum absolute atomic E-state index is 0.0000779. The molecule has 0 heterocycles. The van der Waals surface area contributed by atoms with E-state index in [0.29, 0.717) is 24.9 Å². The van der Waals surface area contributed by atoms with E-state index in [1.165, 1.54) is 12.1 Å². The van der Waals surface area contributed by atoms with E-state index in [-0.39, 0.29) is 18.6 Å². The summed E-state index contributed by atoms with van der Waals surface area (Å²) in [6.07, 6.45) is 0.468. The van der Waals surface area contributed by atoms with E-state index in [2.05, 4.69) is 16.0 Å². The SMILES string of the molecule is CC(C)C(NC(=O)C(Cc1ccc(O)cc1)NC(=O)C(CCCCN)NC(=O)C(N)CC(=O)O)C(=O)O. The van der Waals surface area contributed by atoms with Crippen molar-refractivity contribution in [3.8, 4) is 5.75 Å². The molecule has 1 aromatic rings. The smallest absolute Gasteiger partial charge is 0.326 e. The van der Waals surface area contributed by atoms with Gasteiger partial charge in [-0.15, -0.1) is 0 Å². The summed E-state index contributed by atoms with van der Waals surface area (Å²) >= 11 is 0. The molecule has 4 unspecified atom stereocenters. The maximum Gasteiger partial charge on any atom is 0.326 e. The lowest BCUT2D eigenvalue weighted by Crippen LogP contribution is -2.58. The van der Waals surface area contributed by atoms with Crippen molar-refractivity contribution in [2.45, 2.75) is 70.1 Å². The molecule has 13 nitrogen and oxygen atoms in total. The predicted molar refractivity (Wildman–Crippen MR) is 133 cm³/mol. The number of carbonyl (C=O) groups is 5. The Morgan fingerprint density at radius 1 is 0.865 bits per heavy atom. The molecular weight excluding hydrogens is 486 g/mol. The molecule has 0 saturated carbocycles. The number of aliphatic carboxylic acids is 2. The number of benzene rings is 1. The lowest BCUT2D eigenvalue weighted by Gasteiger charge is -2.26. The summed E-state index contributed by atoms with van der Waals surface area (Å²) in [4.78, 5) is 61.1. The molecule has 0 aromatic heterocycles. The highest BCUT2D eigenvalue weighted by Gasteiger charge is 2.31.